The van der Waals surface area contributed by atoms with Crippen molar-refractivity contribution in [2.45, 2.75) is 17.7 Å². The van der Waals surface area contributed by atoms with Gasteiger partial charge in [-0.15, -0.1) is 4.40 Å². The Morgan fingerprint density at radius 3 is 2.67 bits per heavy atom. The third kappa shape index (κ3) is 4.32. The van der Waals surface area contributed by atoms with Crippen LogP contribution in [-0.4, -0.2) is 64.5 Å². The second kappa shape index (κ2) is 8.96. The van der Waals surface area contributed by atoms with E-state index in [1.54, 1.807) is 24.3 Å². The molecule has 2 fully saturated rings. The number of anilines is 2. The first-order chi connectivity index (χ1) is 15.9. The van der Waals surface area contributed by atoms with E-state index in [9.17, 15) is 13.2 Å². The highest BCUT2D eigenvalue weighted by Gasteiger charge is 2.35. The van der Waals surface area contributed by atoms with Gasteiger partial charge in [-0.05, 0) is 37.1 Å². The molecule has 0 radical (unpaired) electrons. The first-order valence-electron chi connectivity index (χ1n) is 11.1. The molecule has 0 bridgehead atoms. The van der Waals surface area contributed by atoms with Crippen LogP contribution in [0.3, 0.4) is 0 Å². The van der Waals surface area contributed by atoms with Crippen LogP contribution >= 0.6 is 11.6 Å². The van der Waals surface area contributed by atoms with Crippen LogP contribution < -0.4 is 10.2 Å². The van der Waals surface area contributed by atoms with Crippen molar-refractivity contribution in [1.29, 1.82) is 0 Å². The highest BCUT2D eigenvalue weighted by molar-refractivity contribution is 7.90. The molecule has 0 saturated carbocycles. The molecule has 8 nitrogen and oxygen atoms in total. The number of amidine groups is 1. The molecule has 0 spiro atoms. The molecule has 0 aliphatic carbocycles. The number of rotatable bonds is 3. The van der Waals surface area contributed by atoms with E-state index in [-0.39, 0.29) is 16.7 Å². The second-order valence-electron chi connectivity index (χ2n) is 8.40. The summed E-state index contributed by atoms with van der Waals surface area (Å²) in [6.07, 6.45) is 1.49. The number of carbonyl (C=O) groups is 1. The zero-order chi connectivity index (χ0) is 23.0. The number of likely N-dealkylation sites (tertiary alicyclic amines) is 1. The van der Waals surface area contributed by atoms with Gasteiger partial charge in [0.2, 0.25) is 5.91 Å². The molecular formula is C23H25ClN4O4S. The molecule has 3 heterocycles. The van der Waals surface area contributed by atoms with Crippen molar-refractivity contribution in [1.82, 2.24) is 4.90 Å². The van der Waals surface area contributed by atoms with Crippen molar-refractivity contribution < 1.29 is 17.9 Å². The highest BCUT2D eigenvalue weighted by Crippen LogP contribution is 2.35. The Morgan fingerprint density at radius 1 is 1.06 bits per heavy atom. The lowest BCUT2D eigenvalue weighted by Gasteiger charge is -2.34. The molecule has 33 heavy (non-hydrogen) atoms. The molecule has 2 aromatic rings. The monoisotopic (exact) mass is 488 g/mol. The van der Waals surface area contributed by atoms with Gasteiger partial charge in [0.05, 0.1) is 35.5 Å². The maximum atomic E-state index is 13.3. The van der Waals surface area contributed by atoms with Crippen molar-refractivity contribution in [3.8, 4) is 0 Å². The molecule has 174 valence electrons. The fourth-order valence-corrected chi connectivity index (χ4v) is 6.18. The lowest BCUT2D eigenvalue weighted by Crippen LogP contribution is -2.44. The number of morpholine rings is 1. The average Bonchev–Trinajstić information content (AvgIpc) is 3.11. The predicted octanol–water partition coefficient (Wildman–Crippen LogP) is 2.98. The maximum Gasteiger partial charge on any atom is 0.285 e. The quantitative estimate of drug-likeness (QED) is 0.714. The van der Waals surface area contributed by atoms with Crippen molar-refractivity contribution in [3.63, 3.8) is 0 Å². The molecule has 0 unspecified atom stereocenters. The number of piperidine rings is 1. The number of para-hydroxylation sites is 1. The molecule has 10 heteroatoms. The molecular weight excluding hydrogens is 464 g/mol. The maximum absolute atomic E-state index is 13.3. The number of nitrogens with one attached hydrogen (secondary N) is 1. The normalized spacial score (nSPS) is 22.0. The van der Waals surface area contributed by atoms with Crippen LogP contribution in [0.15, 0.2) is 51.8 Å². The summed E-state index contributed by atoms with van der Waals surface area (Å²) in [4.78, 5) is 17.5. The largest absolute Gasteiger partial charge is 0.378 e. The molecule has 1 amide bonds. The van der Waals surface area contributed by atoms with E-state index in [1.165, 1.54) is 0 Å². The third-order valence-electron chi connectivity index (χ3n) is 6.28. The van der Waals surface area contributed by atoms with Gasteiger partial charge >= 0.3 is 0 Å². The number of halogens is 1. The number of hydrogen-bond acceptors (Lipinski definition) is 6. The van der Waals surface area contributed by atoms with Crippen LogP contribution in [0.4, 0.5) is 11.4 Å². The molecule has 2 saturated heterocycles. The molecule has 1 atom stereocenters. The Labute approximate surface area is 198 Å². The first kappa shape index (κ1) is 22.2. The third-order valence-corrected chi connectivity index (χ3v) is 7.91. The summed E-state index contributed by atoms with van der Waals surface area (Å²) in [5.41, 5.74) is 2.09. The number of carbonyl (C=O) groups excluding carboxylic acids is 1. The van der Waals surface area contributed by atoms with E-state index in [0.29, 0.717) is 61.5 Å². The summed E-state index contributed by atoms with van der Waals surface area (Å²) in [5.74, 6) is 0.0273. The summed E-state index contributed by atoms with van der Waals surface area (Å²) >= 11 is 6.50. The number of nitrogens with zero attached hydrogens (tertiary/aromatic N) is 3. The predicted molar refractivity (Wildman–Crippen MR) is 128 cm³/mol. The van der Waals surface area contributed by atoms with Crippen molar-refractivity contribution in [2.24, 2.45) is 10.3 Å². The fourth-order valence-electron chi connectivity index (χ4n) is 4.66. The summed E-state index contributed by atoms with van der Waals surface area (Å²) < 4.78 is 34.4. The lowest BCUT2D eigenvalue weighted by molar-refractivity contribution is -0.121. The average molecular weight is 489 g/mol. The first-order valence-corrected chi connectivity index (χ1v) is 12.9. The SMILES string of the molecule is O=C(Nc1cccc(Cl)c1N1CCOCC1)[C@H]1CCCN(C2=NS(=O)(=O)c3ccccc32)C1. The Bertz CT molecular complexity index is 1210. The van der Waals surface area contributed by atoms with E-state index in [4.69, 9.17) is 16.3 Å². The fraction of sp³-hybridized carbons (Fsp3) is 0.391. The van der Waals surface area contributed by atoms with E-state index >= 15 is 0 Å². The summed E-state index contributed by atoms with van der Waals surface area (Å²) in [6.45, 7) is 3.70. The molecule has 5 rings (SSSR count). The van der Waals surface area contributed by atoms with Gasteiger partial charge in [-0.3, -0.25) is 4.79 Å². The van der Waals surface area contributed by atoms with Crippen LogP contribution in [0, 0.1) is 5.92 Å². The minimum atomic E-state index is -3.70. The van der Waals surface area contributed by atoms with Gasteiger partial charge in [0.15, 0.2) is 5.84 Å². The minimum absolute atomic E-state index is 0.105. The number of ether oxygens (including phenoxy) is 1. The molecule has 1 N–H and O–H groups in total. The second-order valence-corrected chi connectivity index (χ2v) is 10.4. The van der Waals surface area contributed by atoms with Crippen LogP contribution in [0.25, 0.3) is 0 Å². The standard InChI is InChI=1S/C23H25ClN4O4S/c24-18-7-3-8-19(21(18)27-11-13-32-14-12-27)25-23(29)16-5-4-10-28(15-16)22-17-6-1-2-9-20(17)33(30,31)26-22/h1-3,6-9,16H,4-5,10-15H2,(H,25,29)/t16-/m0/s1. The van der Waals surface area contributed by atoms with Gasteiger partial charge in [-0.1, -0.05) is 29.8 Å². The van der Waals surface area contributed by atoms with Gasteiger partial charge in [0, 0.05) is 31.7 Å². The van der Waals surface area contributed by atoms with E-state index in [0.717, 1.165) is 18.5 Å². The van der Waals surface area contributed by atoms with Crippen LogP contribution in [0.5, 0.6) is 0 Å². The topological polar surface area (TPSA) is 91.3 Å². The number of benzene rings is 2. The Kier molecular flexibility index (Phi) is 6.03. The smallest absolute Gasteiger partial charge is 0.285 e. The van der Waals surface area contributed by atoms with Crippen LogP contribution in [0.2, 0.25) is 5.02 Å². The zero-order valence-corrected chi connectivity index (χ0v) is 19.6. The molecule has 2 aromatic carbocycles. The van der Waals surface area contributed by atoms with Crippen molar-refractivity contribution >= 4 is 44.7 Å². The Morgan fingerprint density at radius 2 is 1.85 bits per heavy atom. The van der Waals surface area contributed by atoms with Gasteiger partial charge in [-0.25, -0.2) is 0 Å². The highest BCUT2D eigenvalue weighted by atomic mass is 35.5. The number of sulfonamides is 1. The summed E-state index contributed by atoms with van der Waals surface area (Å²) in [6, 6.07) is 12.3. The number of hydrogen-bond donors (Lipinski definition) is 1. The molecule has 3 aliphatic heterocycles. The van der Waals surface area contributed by atoms with Gasteiger partial charge in [0.25, 0.3) is 10.0 Å². The van der Waals surface area contributed by atoms with Crippen LogP contribution in [0.1, 0.15) is 18.4 Å². The number of fused-ring (bicyclic) bond motifs is 1. The molecule has 0 aromatic heterocycles. The summed E-state index contributed by atoms with van der Waals surface area (Å²) in [5, 5.41) is 3.66. The van der Waals surface area contributed by atoms with E-state index in [1.807, 2.05) is 23.1 Å². The zero-order valence-electron chi connectivity index (χ0n) is 18.0. The number of amides is 1. The van der Waals surface area contributed by atoms with Gasteiger partial charge in [0.1, 0.15) is 4.90 Å². The van der Waals surface area contributed by atoms with Gasteiger partial charge in [-0.2, -0.15) is 8.42 Å². The van der Waals surface area contributed by atoms with Crippen molar-refractivity contribution in [2.75, 3.05) is 49.6 Å². The Balaban J connectivity index is 1.35. The van der Waals surface area contributed by atoms with E-state index < -0.39 is 10.0 Å². The minimum Gasteiger partial charge on any atom is -0.378 e. The van der Waals surface area contributed by atoms with Gasteiger partial charge < -0.3 is 19.9 Å². The van der Waals surface area contributed by atoms with Crippen LogP contribution in [-0.2, 0) is 19.6 Å². The molecule has 3 aliphatic rings. The lowest BCUT2D eigenvalue weighted by atomic mass is 9.96. The van der Waals surface area contributed by atoms with Crippen molar-refractivity contribution in [3.05, 3.63) is 53.1 Å². The Hall–Kier alpha value is -2.62. The summed E-state index contributed by atoms with van der Waals surface area (Å²) in [7, 11) is -3.70. The van der Waals surface area contributed by atoms with E-state index in [2.05, 4.69) is 14.6 Å².